The summed E-state index contributed by atoms with van der Waals surface area (Å²) in [6.07, 6.45) is 7.14. The maximum atomic E-state index is 12.6. The third-order valence-corrected chi connectivity index (χ3v) is 7.98. The molecule has 0 bridgehead atoms. The van der Waals surface area contributed by atoms with Crippen molar-refractivity contribution in [1.82, 2.24) is 20.2 Å². The second kappa shape index (κ2) is 9.97. The Morgan fingerprint density at radius 1 is 1.17 bits per heavy atom. The number of aromatic amines is 1. The summed E-state index contributed by atoms with van der Waals surface area (Å²) in [6.45, 7) is 4.91. The van der Waals surface area contributed by atoms with Crippen molar-refractivity contribution in [3.63, 3.8) is 0 Å². The number of methoxy groups -OCH3 is 1. The molecular formula is C25H25Cl2N5O3S. The van der Waals surface area contributed by atoms with Crippen molar-refractivity contribution in [2.24, 2.45) is 0 Å². The van der Waals surface area contributed by atoms with Crippen molar-refractivity contribution >= 4 is 51.1 Å². The van der Waals surface area contributed by atoms with E-state index in [2.05, 4.69) is 32.0 Å². The van der Waals surface area contributed by atoms with Gasteiger partial charge in [0.05, 0.1) is 22.7 Å². The zero-order chi connectivity index (χ0) is 25.6. The summed E-state index contributed by atoms with van der Waals surface area (Å²) in [5.74, 6) is 1.80. The van der Waals surface area contributed by atoms with Crippen LogP contribution in [-0.2, 0) is 11.2 Å². The van der Waals surface area contributed by atoms with Gasteiger partial charge in [0, 0.05) is 59.8 Å². The molecule has 0 amide bonds. The van der Waals surface area contributed by atoms with Gasteiger partial charge in [0.1, 0.15) is 18.1 Å². The Morgan fingerprint density at radius 3 is 2.53 bits per heavy atom. The molecular weight excluding hydrogens is 521 g/mol. The molecule has 0 aliphatic carbocycles. The van der Waals surface area contributed by atoms with Crippen molar-refractivity contribution in [3.05, 3.63) is 52.4 Å². The molecule has 1 unspecified atom stereocenters. The smallest absolute Gasteiger partial charge is 0.195 e. The van der Waals surface area contributed by atoms with Crippen LogP contribution in [0.15, 0.2) is 41.7 Å². The molecule has 36 heavy (non-hydrogen) atoms. The highest BCUT2D eigenvalue weighted by atomic mass is 35.5. The highest BCUT2D eigenvalue weighted by Crippen LogP contribution is 2.41. The molecule has 1 N–H and O–H groups in total. The molecule has 3 atom stereocenters. The number of hydrogen-bond acceptors (Lipinski definition) is 7. The lowest BCUT2D eigenvalue weighted by Crippen LogP contribution is -2.46. The Morgan fingerprint density at radius 2 is 1.92 bits per heavy atom. The number of fused-ring (bicyclic) bond motifs is 1. The van der Waals surface area contributed by atoms with E-state index in [0.29, 0.717) is 43.7 Å². The fraction of sp³-hybridized carbons (Fsp3) is 0.320. The van der Waals surface area contributed by atoms with Crippen LogP contribution in [0.4, 0.5) is 5.82 Å². The summed E-state index contributed by atoms with van der Waals surface area (Å²) in [5.41, 5.74) is 2.83. The van der Waals surface area contributed by atoms with Crippen molar-refractivity contribution in [3.8, 4) is 22.8 Å². The topological polar surface area (TPSA) is 99.2 Å². The number of nitrogens with one attached hydrogen (secondary N) is 1. The number of rotatable bonds is 7. The van der Waals surface area contributed by atoms with Crippen molar-refractivity contribution in [1.29, 1.82) is 0 Å². The molecule has 4 aromatic rings. The van der Waals surface area contributed by atoms with E-state index in [1.54, 1.807) is 19.6 Å². The molecule has 3 aromatic heterocycles. The zero-order valence-corrected chi connectivity index (χ0v) is 22.5. The van der Waals surface area contributed by atoms with Gasteiger partial charge in [-0.1, -0.05) is 23.2 Å². The van der Waals surface area contributed by atoms with Crippen LogP contribution in [-0.4, -0.2) is 50.7 Å². The summed E-state index contributed by atoms with van der Waals surface area (Å²) in [4.78, 5) is 11.6. The molecule has 11 heteroatoms. The lowest BCUT2D eigenvalue weighted by atomic mass is 10.0. The largest absolute Gasteiger partial charge is 0.612 e. The molecule has 4 heterocycles. The normalized spacial score (nSPS) is 17.1. The van der Waals surface area contributed by atoms with Crippen LogP contribution in [0.5, 0.6) is 11.5 Å². The van der Waals surface area contributed by atoms with Gasteiger partial charge in [-0.3, -0.25) is 10.1 Å². The average Bonchev–Trinajstić information content (AvgIpc) is 3.25. The van der Waals surface area contributed by atoms with Gasteiger partial charge in [0.15, 0.2) is 22.2 Å². The summed E-state index contributed by atoms with van der Waals surface area (Å²) >= 11 is 11.5. The van der Waals surface area contributed by atoms with Crippen molar-refractivity contribution in [2.75, 3.05) is 24.8 Å². The molecule has 0 spiro atoms. The van der Waals surface area contributed by atoms with E-state index in [9.17, 15) is 4.55 Å². The fourth-order valence-electron chi connectivity index (χ4n) is 4.38. The van der Waals surface area contributed by atoms with Crippen molar-refractivity contribution in [2.45, 2.75) is 37.3 Å². The first kappa shape index (κ1) is 25.0. The first-order valence-corrected chi connectivity index (χ1v) is 13.7. The Kier molecular flexibility index (Phi) is 6.91. The van der Waals surface area contributed by atoms with E-state index < -0.39 is 17.3 Å². The summed E-state index contributed by atoms with van der Waals surface area (Å²) in [7, 11) is 1.57. The van der Waals surface area contributed by atoms with E-state index in [1.165, 1.54) is 12.4 Å². The summed E-state index contributed by atoms with van der Waals surface area (Å²) in [6, 6.07) is 5.98. The molecule has 1 aliphatic heterocycles. The third-order valence-electron chi connectivity index (χ3n) is 6.46. The predicted octanol–water partition coefficient (Wildman–Crippen LogP) is 5.81. The lowest BCUT2D eigenvalue weighted by Gasteiger charge is -2.40. The molecule has 0 saturated carbocycles. The van der Waals surface area contributed by atoms with Crippen LogP contribution in [0.3, 0.4) is 0 Å². The van der Waals surface area contributed by atoms with Gasteiger partial charge in [-0.2, -0.15) is 5.10 Å². The van der Waals surface area contributed by atoms with Gasteiger partial charge in [-0.05, 0) is 37.5 Å². The van der Waals surface area contributed by atoms with E-state index in [0.717, 1.165) is 35.2 Å². The van der Waals surface area contributed by atoms with Crippen LogP contribution < -0.4 is 14.4 Å². The van der Waals surface area contributed by atoms with Gasteiger partial charge in [-0.15, -0.1) is 0 Å². The summed E-state index contributed by atoms with van der Waals surface area (Å²) in [5, 5.41) is 9.24. The molecule has 0 radical (unpaired) electrons. The van der Waals surface area contributed by atoms with Crippen LogP contribution in [0.2, 0.25) is 10.0 Å². The van der Waals surface area contributed by atoms with Gasteiger partial charge >= 0.3 is 0 Å². The van der Waals surface area contributed by atoms with Crippen LogP contribution in [0.1, 0.15) is 31.9 Å². The first-order valence-electron chi connectivity index (χ1n) is 11.4. The number of nitrogens with zero attached hydrogens (tertiary/aromatic N) is 4. The standard InChI is InChI=1S/C25H25Cl2N5O3S/c1-13-5-6-32(13)25-22(36(4)33)7-15(10-29-25)24-16-8-21(20(34-3)9-19(16)30-31-24)35-14(2)23-17(26)11-28-12-18(23)27/h7-14H,5-6H2,1-4H3,(H,30,31)/t13-,14+,36?/m0/s1. The van der Waals surface area contributed by atoms with Crippen LogP contribution >= 0.6 is 23.2 Å². The van der Waals surface area contributed by atoms with E-state index in [-0.39, 0.29) is 0 Å². The Labute approximate surface area is 222 Å². The number of hydrogen-bond donors (Lipinski definition) is 1. The molecule has 8 nitrogen and oxygen atoms in total. The molecule has 1 saturated heterocycles. The van der Waals surface area contributed by atoms with E-state index in [1.807, 2.05) is 25.1 Å². The number of halogens is 2. The Hall–Kier alpha value is -2.72. The molecule has 1 fully saturated rings. The highest BCUT2D eigenvalue weighted by Gasteiger charge is 2.30. The Bertz CT molecular complexity index is 1410. The SMILES string of the molecule is COc1cc2[nH]nc(-c3cnc(N4CC[C@@H]4C)c([S+](C)[O-])c3)c2cc1O[C@H](C)c1c(Cl)cncc1Cl. The molecule has 1 aromatic carbocycles. The van der Waals surface area contributed by atoms with Crippen molar-refractivity contribution < 1.29 is 14.0 Å². The number of H-pyrrole nitrogens is 1. The van der Waals surface area contributed by atoms with Crippen LogP contribution in [0.25, 0.3) is 22.2 Å². The van der Waals surface area contributed by atoms with Gasteiger partial charge < -0.3 is 18.9 Å². The van der Waals surface area contributed by atoms with Crippen LogP contribution in [0, 0.1) is 0 Å². The maximum Gasteiger partial charge on any atom is 0.195 e. The van der Waals surface area contributed by atoms with E-state index >= 15 is 0 Å². The van der Waals surface area contributed by atoms with Gasteiger partial charge in [-0.25, -0.2) is 4.98 Å². The van der Waals surface area contributed by atoms with E-state index in [4.69, 9.17) is 32.7 Å². The van der Waals surface area contributed by atoms with Gasteiger partial charge in [0.25, 0.3) is 0 Å². The predicted molar refractivity (Wildman–Crippen MR) is 143 cm³/mol. The minimum atomic E-state index is -1.21. The molecule has 1 aliphatic rings. The zero-order valence-electron chi connectivity index (χ0n) is 20.2. The quantitative estimate of drug-likeness (QED) is 0.292. The number of aromatic nitrogens is 4. The fourth-order valence-corrected chi connectivity index (χ4v) is 5.77. The highest BCUT2D eigenvalue weighted by molar-refractivity contribution is 7.90. The number of anilines is 1. The van der Waals surface area contributed by atoms with Gasteiger partial charge in [0.2, 0.25) is 0 Å². The third kappa shape index (κ3) is 4.45. The average molecular weight is 546 g/mol. The second-order valence-corrected chi connectivity index (χ2v) is 10.9. The first-order chi connectivity index (χ1) is 17.3. The molecule has 188 valence electrons. The second-order valence-electron chi connectivity index (χ2n) is 8.73. The number of benzene rings is 1. The summed E-state index contributed by atoms with van der Waals surface area (Å²) < 4.78 is 24.4. The maximum absolute atomic E-state index is 12.6. The monoisotopic (exact) mass is 545 g/mol. The molecule has 5 rings (SSSR count). The lowest BCUT2D eigenvalue weighted by molar-refractivity contribution is 0.216. The minimum absolute atomic E-state index is 0.383. The minimum Gasteiger partial charge on any atom is -0.612 e. The number of ether oxygens (including phenoxy) is 2. The number of pyridine rings is 2. The Balaban J connectivity index is 1.55.